The predicted molar refractivity (Wildman–Crippen MR) is 106 cm³/mol. The van der Waals surface area contributed by atoms with Crippen LogP contribution in [0.2, 0.25) is 0 Å². The number of benzene rings is 2. The molecule has 1 saturated heterocycles. The molecule has 4 rings (SSSR count). The monoisotopic (exact) mass is 400 g/mol. The summed E-state index contributed by atoms with van der Waals surface area (Å²) in [6.45, 7) is 5.75. The van der Waals surface area contributed by atoms with Gasteiger partial charge in [0.1, 0.15) is 0 Å². The largest absolute Gasteiger partial charge is 0.293 e. The Morgan fingerprint density at radius 3 is 2.50 bits per heavy atom. The van der Waals surface area contributed by atoms with E-state index in [9.17, 15) is 8.42 Å². The Labute approximate surface area is 164 Å². The summed E-state index contributed by atoms with van der Waals surface area (Å²) >= 11 is 0. The molecule has 9 heteroatoms. The maximum absolute atomic E-state index is 13.1. The molecule has 8 nitrogen and oxygen atoms in total. The van der Waals surface area contributed by atoms with Gasteiger partial charge >= 0.3 is 0 Å². The van der Waals surface area contributed by atoms with Gasteiger partial charge in [-0.15, -0.1) is 5.10 Å². The zero-order chi connectivity index (χ0) is 19.6. The lowest BCUT2D eigenvalue weighted by Crippen LogP contribution is -2.48. The van der Waals surface area contributed by atoms with E-state index in [2.05, 4.69) is 27.3 Å². The lowest BCUT2D eigenvalue weighted by Gasteiger charge is -2.33. The molecule has 28 heavy (non-hydrogen) atoms. The highest BCUT2D eigenvalue weighted by Gasteiger charge is 2.29. The lowest BCUT2D eigenvalue weighted by atomic mass is 10.1. The van der Waals surface area contributed by atoms with Crippen LogP contribution in [0.5, 0.6) is 0 Å². The molecule has 1 aliphatic rings. The van der Waals surface area contributed by atoms with Crippen molar-refractivity contribution in [2.75, 3.05) is 26.2 Å². The number of aryl methyl sites for hydroxylation is 1. The highest BCUT2D eigenvalue weighted by atomic mass is 32.2. The van der Waals surface area contributed by atoms with Crippen LogP contribution in [-0.4, -0.2) is 64.0 Å². The number of rotatable bonds is 6. The summed E-state index contributed by atoms with van der Waals surface area (Å²) in [4.78, 5) is 2.55. The molecule has 0 spiro atoms. The van der Waals surface area contributed by atoms with E-state index in [1.54, 1.807) is 16.4 Å². The van der Waals surface area contributed by atoms with Gasteiger partial charge in [0.05, 0.1) is 11.4 Å². The van der Waals surface area contributed by atoms with Crippen LogP contribution in [0.3, 0.4) is 0 Å². The van der Waals surface area contributed by atoms with Gasteiger partial charge in [0.15, 0.2) is 5.82 Å². The average molecular weight is 401 g/mol. The van der Waals surface area contributed by atoms with Crippen molar-refractivity contribution in [2.24, 2.45) is 0 Å². The second-order valence-electron chi connectivity index (χ2n) is 7.01. The first kappa shape index (κ1) is 19.0. The van der Waals surface area contributed by atoms with Gasteiger partial charge in [-0.05, 0) is 39.8 Å². The van der Waals surface area contributed by atoms with E-state index in [-0.39, 0.29) is 0 Å². The van der Waals surface area contributed by atoms with Crippen molar-refractivity contribution in [3.63, 3.8) is 0 Å². The summed E-state index contributed by atoms with van der Waals surface area (Å²) in [6, 6.07) is 13.1. The molecule has 148 valence electrons. The topological polar surface area (TPSA) is 84.2 Å². The summed E-state index contributed by atoms with van der Waals surface area (Å²) in [7, 11) is -3.49. The molecule has 3 aromatic rings. The Hall–Kier alpha value is -2.36. The molecule has 2 aromatic carbocycles. The first-order valence-corrected chi connectivity index (χ1v) is 11.0. The highest BCUT2D eigenvalue weighted by molar-refractivity contribution is 7.89. The third-order valence-electron chi connectivity index (χ3n) is 5.10. The standard InChI is InChI=1S/C19H24N6O2S/c1-2-9-25-19(20-21-22-25)15-23-10-12-24(13-11-23)28(26,27)18-8-7-16-5-3-4-6-17(16)14-18/h3-8,14H,2,9-13,15H2,1H3. The van der Waals surface area contributed by atoms with E-state index in [4.69, 9.17) is 0 Å². The summed E-state index contributed by atoms with van der Waals surface area (Å²) in [5.74, 6) is 0.827. The van der Waals surface area contributed by atoms with Gasteiger partial charge in [0.25, 0.3) is 0 Å². The lowest BCUT2D eigenvalue weighted by molar-refractivity contribution is 0.175. The summed E-state index contributed by atoms with van der Waals surface area (Å²) in [5, 5.41) is 13.8. The Kier molecular flexibility index (Phi) is 5.38. The molecule has 2 heterocycles. The maximum Gasteiger partial charge on any atom is 0.243 e. The third-order valence-corrected chi connectivity index (χ3v) is 6.99. The normalized spacial score (nSPS) is 16.6. The third kappa shape index (κ3) is 3.78. The quantitative estimate of drug-likeness (QED) is 0.627. The van der Waals surface area contributed by atoms with Crippen LogP contribution in [0.4, 0.5) is 0 Å². The van der Waals surface area contributed by atoms with Gasteiger partial charge in [0, 0.05) is 32.7 Å². The first-order valence-electron chi connectivity index (χ1n) is 9.54. The first-order chi connectivity index (χ1) is 13.6. The number of fused-ring (bicyclic) bond motifs is 1. The van der Waals surface area contributed by atoms with E-state index in [1.807, 2.05) is 35.0 Å². The molecule has 1 aromatic heterocycles. The smallest absolute Gasteiger partial charge is 0.243 e. The number of hydrogen-bond acceptors (Lipinski definition) is 6. The molecule has 0 amide bonds. The average Bonchev–Trinajstić information content (AvgIpc) is 3.15. The molecular formula is C19H24N6O2S. The minimum Gasteiger partial charge on any atom is -0.293 e. The summed E-state index contributed by atoms with van der Waals surface area (Å²) in [5.41, 5.74) is 0. The number of aromatic nitrogens is 4. The highest BCUT2D eigenvalue weighted by Crippen LogP contribution is 2.23. The number of nitrogens with zero attached hydrogens (tertiary/aromatic N) is 6. The van der Waals surface area contributed by atoms with Crippen LogP contribution in [0.25, 0.3) is 10.8 Å². The van der Waals surface area contributed by atoms with Crippen molar-refractivity contribution in [2.45, 2.75) is 31.3 Å². The maximum atomic E-state index is 13.1. The minimum absolute atomic E-state index is 0.353. The molecular weight excluding hydrogens is 376 g/mol. The molecule has 0 saturated carbocycles. The van der Waals surface area contributed by atoms with E-state index >= 15 is 0 Å². The van der Waals surface area contributed by atoms with Gasteiger partial charge < -0.3 is 0 Å². The van der Waals surface area contributed by atoms with Crippen molar-refractivity contribution >= 4 is 20.8 Å². The van der Waals surface area contributed by atoms with E-state index in [1.165, 1.54) is 0 Å². The number of tetrazole rings is 1. The zero-order valence-corrected chi connectivity index (χ0v) is 16.7. The molecule has 0 radical (unpaired) electrons. The van der Waals surface area contributed by atoms with Gasteiger partial charge in [-0.25, -0.2) is 13.1 Å². The molecule has 0 unspecified atom stereocenters. The second-order valence-corrected chi connectivity index (χ2v) is 8.95. The van der Waals surface area contributed by atoms with Gasteiger partial charge in [-0.3, -0.25) is 4.90 Å². The van der Waals surface area contributed by atoms with E-state index < -0.39 is 10.0 Å². The van der Waals surface area contributed by atoms with Crippen LogP contribution in [0.15, 0.2) is 47.4 Å². The molecule has 1 aliphatic heterocycles. The molecule has 1 fully saturated rings. The Balaban J connectivity index is 1.44. The van der Waals surface area contributed by atoms with Gasteiger partial charge in [0.2, 0.25) is 10.0 Å². The van der Waals surface area contributed by atoms with Crippen molar-refractivity contribution in [3.05, 3.63) is 48.3 Å². The van der Waals surface area contributed by atoms with Crippen molar-refractivity contribution in [1.82, 2.24) is 29.4 Å². The van der Waals surface area contributed by atoms with Crippen molar-refractivity contribution < 1.29 is 8.42 Å². The number of piperazine rings is 1. The predicted octanol–water partition coefficient (Wildman–Crippen LogP) is 1.74. The fraction of sp³-hybridized carbons (Fsp3) is 0.421. The van der Waals surface area contributed by atoms with Crippen molar-refractivity contribution in [3.8, 4) is 0 Å². The Bertz CT molecular complexity index is 1060. The van der Waals surface area contributed by atoms with Crippen molar-refractivity contribution in [1.29, 1.82) is 0 Å². The van der Waals surface area contributed by atoms with Crippen LogP contribution >= 0.6 is 0 Å². The zero-order valence-electron chi connectivity index (χ0n) is 15.9. The van der Waals surface area contributed by atoms with E-state index in [0.717, 1.165) is 29.6 Å². The summed E-state index contributed by atoms with van der Waals surface area (Å²) in [6.07, 6.45) is 0.968. The minimum atomic E-state index is -3.49. The fourth-order valence-corrected chi connectivity index (χ4v) is 4.98. The Morgan fingerprint density at radius 1 is 1.00 bits per heavy atom. The fourth-order valence-electron chi connectivity index (χ4n) is 3.53. The number of sulfonamides is 1. The molecule has 0 N–H and O–H groups in total. The number of hydrogen-bond donors (Lipinski definition) is 0. The Morgan fingerprint density at radius 2 is 1.75 bits per heavy atom. The van der Waals surface area contributed by atoms with Crippen LogP contribution < -0.4 is 0 Å². The molecule has 0 aliphatic carbocycles. The van der Waals surface area contributed by atoms with Crippen LogP contribution in [-0.2, 0) is 23.1 Å². The van der Waals surface area contributed by atoms with Crippen LogP contribution in [0, 0.1) is 0 Å². The van der Waals surface area contributed by atoms with E-state index in [0.29, 0.717) is 37.6 Å². The molecule has 0 bridgehead atoms. The van der Waals surface area contributed by atoms with Gasteiger partial charge in [-0.2, -0.15) is 4.31 Å². The summed E-state index contributed by atoms with van der Waals surface area (Å²) < 4.78 is 29.5. The van der Waals surface area contributed by atoms with Gasteiger partial charge in [-0.1, -0.05) is 37.3 Å². The molecule has 0 atom stereocenters. The SMILES string of the molecule is CCCn1nnnc1CN1CCN(S(=O)(=O)c2ccc3ccccc3c2)CC1. The van der Waals surface area contributed by atoms with Crippen LogP contribution in [0.1, 0.15) is 19.2 Å². The second kappa shape index (κ2) is 7.94.